The molecule has 122 valence electrons. The van der Waals surface area contributed by atoms with Gasteiger partial charge in [0.2, 0.25) is 5.91 Å². The van der Waals surface area contributed by atoms with Crippen LogP contribution >= 0.6 is 0 Å². The molecule has 0 aromatic rings. The van der Waals surface area contributed by atoms with Crippen LogP contribution in [-0.4, -0.2) is 49.2 Å². The molecular weight excluding hydrogens is 264 g/mol. The van der Waals surface area contributed by atoms with Crippen molar-refractivity contribution in [3.05, 3.63) is 0 Å². The second-order valence-corrected chi connectivity index (χ2v) is 6.69. The van der Waals surface area contributed by atoms with Crippen LogP contribution in [0.1, 0.15) is 58.8 Å². The molecule has 0 bridgehead atoms. The SMILES string of the molecule is CCO[C@@H](C)C(=O)NC1CCN(CC2CCCCC2)CC1. The van der Waals surface area contributed by atoms with Crippen LogP contribution in [-0.2, 0) is 9.53 Å². The summed E-state index contributed by atoms with van der Waals surface area (Å²) in [6, 6.07) is 0.336. The molecule has 2 aliphatic rings. The maximum Gasteiger partial charge on any atom is 0.249 e. The fourth-order valence-electron chi connectivity index (χ4n) is 3.64. The van der Waals surface area contributed by atoms with E-state index in [0.29, 0.717) is 12.6 Å². The van der Waals surface area contributed by atoms with Crippen LogP contribution in [0.25, 0.3) is 0 Å². The van der Waals surface area contributed by atoms with Gasteiger partial charge in [-0.15, -0.1) is 0 Å². The predicted octanol–water partition coefficient (Wildman–Crippen LogP) is 2.57. The van der Waals surface area contributed by atoms with Crippen LogP contribution in [0.3, 0.4) is 0 Å². The zero-order valence-corrected chi connectivity index (χ0v) is 13.8. The Morgan fingerprint density at radius 1 is 1.19 bits per heavy atom. The quantitative estimate of drug-likeness (QED) is 0.819. The second-order valence-electron chi connectivity index (χ2n) is 6.69. The average Bonchev–Trinajstić information content (AvgIpc) is 2.50. The van der Waals surface area contributed by atoms with Gasteiger partial charge in [-0.25, -0.2) is 0 Å². The Bertz CT molecular complexity index is 308. The van der Waals surface area contributed by atoms with E-state index in [-0.39, 0.29) is 12.0 Å². The van der Waals surface area contributed by atoms with E-state index in [9.17, 15) is 4.79 Å². The Morgan fingerprint density at radius 3 is 2.48 bits per heavy atom. The van der Waals surface area contributed by atoms with Gasteiger partial charge < -0.3 is 15.0 Å². The number of ether oxygens (including phenoxy) is 1. The summed E-state index contributed by atoms with van der Waals surface area (Å²) in [5.41, 5.74) is 0. The summed E-state index contributed by atoms with van der Waals surface area (Å²) in [4.78, 5) is 14.6. The van der Waals surface area contributed by atoms with Crippen LogP contribution in [0, 0.1) is 5.92 Å². The summed E-state index contributed by atoms with van der Waals surface area (Å²) in [5, 5.41) is 3.14. The molecular formula is C17H32N2O2. The van der Waals surface area contributed by atoms with Gasteiger partial charge in [-0.05, 0) is 45.4 Å². The molecule has 1 saturated heterocycles. The van der Waals surface area contributed by atoms with Crippen molar-refractivity contribution >= 4 is 5.91 Å². The summed E-state index contributed by atoms with van der Waals surface area (Å²) >= 11 is 0. The third-order valence-corrected chi connectivity index (χ3v) is 4.96. The van der Waals surface area contributed by atoms with Crippen molar-refractivity contribution in [3.63, 3.8) is 0 Å². The molecule has 0 spiro atoms. The van der Waals surface area contributed by atoms with Crippen molar-refractivity contribution in [1.29, 1.82) is 0 Å². The smallest absolute Gasteiger partial charge is 0.249 e. The van der Waals surface area contributed by atoms with Crippen molar-refractivity contribution in [2.24, 2.45) is 5.92 Å². The minimum Gasteiger partial charge on any atom is -0.369 e. The van der Waals surface area contributed by atoms with Crippen LogP contribution in [0.2, 0.25) is 0 Å². The zero-order valence-electron chi connectivity index (χ0n) is 13.8. The first-order valence-electron chi connectivity index (χ1n) is 8.83. The van der Waals surface area contributed by atoms with Gasteiger partial charge in [0.1, 0.15) is 6.10 Å². The molecule has 2 fully saturated rings. The van der Waals surface area contributed by atoms with Crippen molar-refractivity contribution in [2.45, 2.75) is 70.9 Å². The number of rotatable bonds is 6. The number of hydrogen-bond donors (Lipinski definition) is 1. The highest BCUT2D eigenvalue weighted by Gasteiger charge is 2.24. The van der Waals surface area contributed by atoms with E-state index in [0.717, 1.165) is 31.8 Å². The molecule has 1 amide bonds. The van der Waals surface area contributed by atoms with Gasteiger partial charge in [0.15, 0.2) is 0 Å². The monoisotopic (exact) mass is 296 g/mol. The number of nitrogens with one attached hydrogen (secondary N) is 1. The maximum atomic E-state index is 11.9. The van der Waals surface area contributed by atoms with Crippen LogP contribution < -0.4 is 5.32 Å². The first-order valence-corrected chi connectivity index (χ1v) is 8.83. The number of hydrogen-bond acceptors (Lipinski definition) is 3. The lowest BCUT2D eigenvalue weighted by Crippen LogP contribution is -2.48. The molecule has 1 atom stereocenters. The molecule has 1 aliphatic heterocycles. The number of carbonyl (C=O) groups excluding carboxylic acids is 1. The highest BCUT2D eigenvalue weighted by atomic mass is 16.5. The lowest BCUT2D eigenvalue weighted by molar-refractivity contribution is -0.132. The summed E-state index contributed by atoms with van der Waals surface area (Å²) in [6.45, 7) is 7.88. The molecule has 1 heterocycles. The standard InChI is InChI=1S/C17H32N2O2/c1-3-21-14(2)17(20)18-16-9-11-19(12-10-16)13-15-7-5-4-6-8-15/h14-16H,3-13H2,1-2H3,(H,18,20)/t14-/m0/s1. The fourth-order valence-corrected chi connectivity index (χ4v) is 3.64. The number of carbonyl (C=O) groups is 1. The summed E-state index contributed by atoms with van der Waals surface area (Å²) < 4.78 is 5.34. The topological polar surface area (TPSA) is 41.6 Å². The first kappa shape index (κ1) is 16.8. The normalized spacial score (nSPS) is 23.9. The summed E-state index contributed by atoms with van der Waals surface area (Å²) in [7, 11) is 0. The Labute approximate surface area is 129 Å². The Balaban J connectivity index is 1.64. The minimum absolute atomic E-state index is 0.0441. The van der Waals surface area contributed by atoms with Gasteiger partial charge in [0.05, 0.1) is 0 Å². The number of piperidine rings is 1. The van der Waals surface area contributed by atoms with Crippen molar-refractivity contribution in [2.75, 3.05) is 26.2 Å². The van der Waals surface area contributed by atoms with Gasteiger partial charge in [0.25, 0.3) is 0 Å². The lowest BCUT2D eigenvalue weighted by Gasteiger charge is -2.35. The van der Waals surface area contributed by atoms with E-state index in [1.54, 1.807) is 0 Å². The lowest BCUT2D eigenvalue weighted by atomic mass is 9.88. The first-order chi connectivity index (χ1) is 10.2. The van der Waals surface area contributed by atoms with Crippen LogP contribution in [0.5, 0.6) is 0 Å². The number of nitrogens with zero attached hydrogens (tertiary/aromatic N) is 1. The molecule has 0 radical (unpaired) electrons. The summed E-state index contributed by atoms with van der Waals surface area (Å²) in [6.07, 6.45) is 8.96. The maximum absolute atomic E-state index is 11.9. The largest absolute Gasteiger partial charge is 0.369 e. The molecule has 0 aromatic heterocycles. The molecule has 4 heteroatoms. The number of amides is 1. The summed E-state index contributed by atoms with van der Waals surface area (Å²) in [5.74, 6) is 0.963. The average molecular weight is 296 g/mol. The highest BCUT2D eigenvalue weighted by molar-refractivity contribution is 5.80. The van der Waals surface area contributed by atoms with Crippen LogP contribution in [0.15, 0.2) is 0 Å². The fraction of sp³-hybridized carbons (Fsp3) is 0.941. The molecule has 21 heavy (non-hydrogen) atoms. The second kappa shape index (κ2) is 8.74. The zero-order chi connectivity index (χ0) is 15.1. The van der Waals surface area contributed by atoms with E-state index in [1.807, 2.05) is 13.8 Å². The van der Waals surface area contributed by atoms with E-state index < -0.39 is 0 Å². The molecule has 1 aliphatic carbocycles. The third kappa shape index (κ3) is 5.59. The molecule has 0 aromatic carbocycles. The van der Waals surface area contributed by atoms with E-state index in [1.165, 1.54) is 38.6 Å². The molecule has 2 rings (SSSR count). The van der Waals surface area contributed by atoms with Gasteiger partial charge in [-0.2, -0.15) is 0 Å². The van der Waals surface area contributed by atoms with Crippen molar-refractivity contribution < 1.29 is 9.53 Å². The Hall–Kier alpha value is -0.610. The molecule has 4 nitrogen and oxygen atoms in total. The van der Waals surface area contributed by atoms with Crippen LogP contribution in [0.4, 0.5) is 0 Å². The van der Waals surface area contributed by atoms with Crippen molar-refractivity contribution in [3.8, 4) is 0 Å². The Kier molecular flexibility index (Phi) is 6.97. The third-order valence-electron chi connectivity index (χ3n) is 4.96. The van der Waals surface area contributed by atoms with E-state index >= 15 is 0 Å². The highest BCUT2D eigenvalue weighted by Crippen LogP contribution is 2.25. The van der Waals surface area contributed by atoms with Crippen molar-refractivity contribution in [1.82, 2.24) is 10.2 Å². The Morgan fingerprint density at radius 2 is 1.86 bits per heavy atom. The molecule has 1 N–H and O–H groups in total. The van der Waals surface area contributed by atoms with Gasteiger partial charge in [-0.3, -0.25) is 4.79 Å². The predicted molar refractivity (Wildman–Crippen MR) is 85.3 cm³/mol. The van der Waals surface area contributed by atoms with Gasteiger partial charge in [0, 0.05) is 32.3 Å². The van der Waals surface area contributed by atoms with E-state index in [2.05, 4.69) is 10.2 Å². The van der Waals surface area contributed by atoms with E-state index in [4.69, 9.17) is 4.74 Å². The molecule has 1 saturated carbocycles. The minimum atomic E-state index is -0.324. The van der Waals surface area contributed by atoms with Gasteiger partial charge in [-0.1, -0.05) is 19.3 Å². The molecule has 0 unspecified atom stereocenters. The van der Waals surface area contributed by atoms with Gasteiger partial charge >= 0.3 is 0 Å². The number of likely N-dealkylation sites (tertiary alicyclic amines) is 1.